The Balaban J connectivity index is 1.58. The van der Waals surface area contributed by atoms with Crippen molar-refractivity contribution in [2.75, 3.05) is 7.11 Å². The number of ketones is 1. The summed E-state index contributed by atoms with van der Waals surface area (Å²) in [6.45, 7) is 7.96. The van der Waals surface area contributed by atoms with Crippen molar-refractivity contribution < 1.29 is 33.0 Å². The Labute approximate surface area is 198 Å². The molecule has 0 radical (unpaired) electrons. The Morgan fingerprint density at radius 1 is 1.21 bits per heavy atom. The SMILES string of the molecule is COC(=O)C[C@H]1[C@]2(C)C3=C(C)[C@H](c4ccoc4)C[C@H]3O[C@@H]2C2OC(=O)[C@]3(C)C=CC(=O)[C@@]1(C)[C@@H]23. The third-order valence-electron chi connectivity index (χ3n) is 9.91. The standard InChI is InChI=1S/C27H30O7/c1-13-15(14-7-9-32-12-14)10-16-20(13)27(4)17(11-19(29)31-5)26(3)18(28)6-8-25(2)22(26)21(23(27)33-16)34-24(25)30/h6-9,12,15-17,21-23H,10-11H2,1-5H3/t15-,16-,17-,21?,22+,23-,25-,26+,27-/m1/s1. The number of ether oxygens (including phenoxy) is 3. The van der Waals surface area contributed by atoms with E-state index in [1.165, 1.54) is 18.8 Å². The van der Waals surface area contributed by atoms with Gasteiger partial charge in [0.1, 0.15) is 12.2 Å². The lowest BCUT2D eigenvalue weighted by molar-refractivity contribution is -0.190. The number of methoxy groups -OCH3 is 1. The molecule has 3 fully saturated rings. The Bertz CT molecular complexity index is 1160. The van der Waals surface area contributed by atoms with E-state index < -0.39 is 40.3 Å². The molecule has 7 nitrogen and oxygen atoms in total. The monoisotopic (exact) mass is 466 g/mol. The van der Waals surface area contributed by atoms with Crippen molar-refractivity contribution in [2.45, 2.75) is 64.8 Å². The highest BCUT2D eigenvalue weighted by Gasteiger charge is 2.77. The van der Waals surface area contributed by atoms with Gasteiger partial charge in [0, 0.05) is 22.7 Å². The fourth-order valence-corrected chi connectivity index (χ4v) is 8.41. The first kappa shape index (κ1) is 21.8. The number of hydrogen-bond donors (Lipinski definition) is 0. The van der Waals surface area contributed by atoms with Gasteiger partial charge in [-0.2, -0.15) is 0 Å². The van der Waals surface area contributed by atoms with Crippen LogP contribution in [0.4, 0.5) is 0 Å². The maximum atomic E-state index is 13.7. The maximum absolute atomic E-state index is 13.7. The molecule has 180 valence electrons. The molecule has 0 N–H and O–H groups in total. The minimum Gasteiger partial charge on any atom is -0.472 e. The van der Waals surface area contributed by atoms with Crippen molar-refractivity contribution >= 4 is 17.7 Å². The highest BCUT2D eigenvalue weighted by atomic mass is 16.6. The maximum Gasteiger partial charge on any atom is 0.316 e. The van der Waals surface area contributed by atoms with Gasteiger partial charge in [0.05, 0.1) is 37.6 Å². The first-order chi connectivity index (χ1) is 16.1. The van der Waals surface area contributed by atoms with Crippen LogP contribution in [0.3, 0.4) is 0 Å². The van der Waals surface area contributed by atoms with E-state index >= 15 is 0 Å². The van der Waals surface area contributed by atoms with Crippen LogP contribution in [0, 0.1) is 28.1 Å². The number of fused-ring (bicyclic) bond motifs is 4. The highest BCUT2D eigenvalue weighted by Crippen LogP contribution is 2.72. The van der Waals surface area contributed by atoms with Crippen LogP contribution in [0.5, 0.6) is 0 Å². The first-order valence-electron chi connectivity index (χ1n) is 12.0. The summed E-state index contributed by atoms with van der Waals surface area (Å²) < 4.78 is 23.2. The number of esters is 2. The van der Waals surface area contributed by atoms with Crippen molar-refractivity contribution in [1.82, 2.24) is 0 Å². The van der Waals surface area contributed by atoms with E-state index in [9.17, 15) is 14.4 Å². The molecule has 0 amide bonds. The fourth-order valence-electron chi connectivity index (χ4n) is 8.41. The lowest BCUT2D eigenvalue weighted by Crippen LogP contribution is -2.66. The lowest BCUT2D eigenvalue weighted by atomic mass is 9.42. The molecule has 5 aliphatic rings. The van der Waals surface area contributed by atoms with Crippen LogP contribution in [0.2, 0.25) is 0 Å². The van der Waals surface area contributed by atoms with Crippen LogP contribution < -0.4 is 0 Å². The van der Waals surface area contributed by atoms with E-state index in [0.29, 0.717) is 0 Å². The number of carbonyl (C=O) groups excluding carboxylic acids is 3. The second-order valence-corrected chi connectivity index (χ2v) is 11.2. The average molecular weight is 467 g/mol. The molecule has 0 spiro atoms. The predicted molar refractivity (Wildman–Crippen MR) is 119 cm³/mol. The predicted octanol–water partition coefficient (Wildman–Crippen LogP) is 3.74. The third kappa shape index (κ3) is 2.34. The molecule has 7 heteroatoms. The minimum absolute atomic E-state index is 0.0658. The quantitative estimate of drug-likeness (QED) is 0.495. The zero-order chi connectivity index (χ0) is 24.2. The summed E-state index contributed by atoms with van der Waals surface area (Å²) in [6.07, 6.45) is 6.29. The van der Waals surface area contributed by atoms with Crippen molar-refractivity contribution in [3.05, 3.63) is 47.5 Å². The largest absolute Gasteiger partial charge is 0.472 e. The van der Waals surface area contributed by atoms with Crippen LogP contribution in [0.25, 0.3) is 0 Å². The molecule has 1 saturated carbocycles. The number of furan rings is 1. The van der Waals surface area contributed by atoms with E-state index in [2.05, 4.69) is 13.8 Å². The molecule has 1 unspecified atom stereocenters. The van der Waals surface area contributed by atoms with Gasteiger partial charge in [0.15, 0.2) is 5.78 Å². The second-order valence-electron chi connectivity index (χ2n) is 11.2. The molecule has 6 rings (SSSR count). The van der Waals surface area contributed by atoms with E-state index in [4.69, 9.17) is 18.6 Å². The van der Waals surface area contributed by atoms with Gasteiger partial charge in [0.2, 0.25) is 0 Å². The molecule has 9 atom stereocenters. The van der Waals surface area contributed by atoms with E-state index in [1.54, 1.807) is 18.6 Å². The van der Waals surface area contributed by atoms with Crippen LogP contribution in [-0.4, -0.2) is 43.1 Å². The zero-order valence-electron chi connectivity index (χ0n) is 20.1. The van der Waals surface area contributed by atoms with Gasteiger partial charge in [-0.3, -0.25) is 14.4 Å². The van der Waals surface area contributed by atoms with Gasteiger partial charge in [-0.05, 0) is 49.5 Å². The molecular formula is C27H30O7. The molecular weight excluding hydrogens is 436 g/mol. The Morgan fingerprint density at radius 2 is 1.97 bits per heavy atom. The average Bonchev–Trinajstić information content (AvgIpc) is 3.54. The number of hydrogen-bond acceptors (Lipinski definition) is 7. The van der Waals surface area contributed by atoms with Gasteiger partial charge < -0.3 is 18.6 Å². The summed E-state index contributed by atoms with van der Waals surface area (Å²) in [5.41, 5.74) is 0.794. The topological polar surface area (TPSA) is 92.0 Å². The normalized spacial score (nSPS) is 46.3. The summed E-state index contributed by atoms with van der Waals surface area (Å²) in [5, 5.41) is 0. The molecule has 0 aromatic carbocycles. The molecule has 3 heterocycles. The Morgan fingerprint density at radius 3 is 2.65 bits per heavy atom. The fraction of sp³-hybridized carbons (Fsp3) is 0.593. The zero-order valence-corrected chi connectivity index (χ0v) is 20.1. The molecule has 0 bridgehead atoms. The molecule has 1 aromatic heterocycles. The third-order valence-corrected chi connectivity index (χ3v) is 9.91. The summed E-state index contributed by atoms with van der Waals surface area (Å²) in [5.74, 6) is -1.46. The number of allylic oxidation sites excluding steroid dienone is 2. The number of carbonyl (C=O) groups is 3. The van der Waals surface area contributed by atoms with E-state index in [1.807, 2.05) is 19.9 Å². The minimum atomic E-state index is -0.987. The van der Waals surface area contributed by atoms with Crippen LogP contribution >= 0.6 is 0 Å². The van der Waals surface area contributed by atoms with Gasteiger partial charge in [-0.25, -0.2) is 0 Å². The molecule has 34 heavy (non-hydrogen) atoms. The van der Waals surface area contributed by atoms with Crippen molar-refractivity contribution in [1.29, 1.82) is 0 Å². The summed E-state index contributed by atoms with van der Waals surface area (Å²) in [7, 11) is 1.37. The van der Waals surface area contributed by atoms with Crippen LogP contribution in [-0.2, 0) is 28.6 Å². The van der Waals surface area contributed by atoms with Crippen molar-refractivity contribution in [2.24, 2.45) is 28.1 Å². The number of rotatable bonds is 3. The molecule has 3 aliphatic carbocycles. The van der Waals surface area contributed by atoms with Crippen LogP contribution in [0.15, 0.2) is 46.3 Å². The van der Waals surface area contributed by atoms with Crippen molar-refractivity contribution in [3.8, 4) is 0 Å². The van der Waals surface area contributed by atoms with E-state index in [0.717, 1.165) is 17.6 Å². The Kier molecular flexibility index (Phi) is 4.31. The second kappa shape index (κ2) is 6.72. The molecule has 2 saturated heterocycles. The first-order valence-corrected chi connectivity index (χ1v) is 12.0. The summed E-state index contributed by atoms with van der Waals surface area (Å²) in [4.78, 5) is 39.6. The molecule has 2 aliphatic heterocycles. The summed E-state index contributed by atoms with van der Waals surface area (Å²) >= 11 is 0. The van der Waals surface area contributed by atoms with Gasteiger partial charge in [-0.15, -0.1) is 0 Å². The van der Waals surface area contributed by atoms with Crippen molar-refractivity contribution in [3.63, 3.8) is 0 Å². The smallest absolute Gasteiger partial charge is 0.316 e. The summed E-state index contributed by atoms with van der Waals surface area (Å²) in [6, 6.07) is 1.97. The Hall–Kier alpha value is -2.67. The lowest BCUT2D eigenvalue weighted by Gasteiger charge is -2.59. The molecule has 1 aromatic rings. The van der Waals surface area contributed by atoms with Gasteiger partial charge in [-0.1, -0.05) is 25.5 Å². The van der Waals surface area contributed by atoms with Gasteiger partial charge in [0.25, 0.3) is 0 Å². The van der Waals surface area contributed by atoms with Gasteiger partial charge >= 0.3 is 11.9 Å². The van der Waals surface area contributed by atoms with E-state index in [-0.39, 0.29) is 36.2 Å². The van der Waals surface area contributed by atoms with Crippen LogP contribution in [0.1, 0.15) is 52.0 Å². The highest BCUT2D eigenvalue weighted by molar-refractivity contribution is 6.00.